The second kappa shape index (κ2) is 5.55. The minimum absolute atomic E-state index is 0.109. The number of anilines is 2. The number of nitriles is 1. The number of nitro groups is 1. The summed E-state index contributed by atoms with van der Waals surface area (Å²) in [5.41, 5.74) is 0.0654. The first-order chi connectivity index (χ1) is 9.51. The fourth-order valence-electron chi connectivity index (χ4n) is 1.61. The molecule has 2 aromatic rings. The van der Waals surface area contributed by atoms with Gasteiger partial charge in [-0.25, -0.2) is 4.39 Å². The Balaban J connectivity index is 2.38. The van der Waals surface area contributed by atoms with Crippen molar-refractivity contribution in [1.29, 1.82) is 5.26 Å². The summed E-state index contributed by atoms with van der Waals surface area (Å²) in [6, 6.07) is 9.55. The lowest BCUT2D eigenvalue weighted by Crippen LogP contribution is -1.97. The molecule has 0 saturated carbocycles. The van der Waals surface area contributed by atoms with E-state index in [0.29, 0.717) is 10.7 Å². The first-order valence-electron chi connectivity index (χ1n) is 5.42. The normalized spacial score (nSPS) is 9.85. The Morgan fingerprint density at radius 2 is 2.05 bits per heavy atom. The molecule has 0 aliphatic heterocycles. The summed E-state index contributed by atoms with van der Waals surface area (Å²) in [6.07, 6.45) is 0. The third-order valence-electron chi connectivity index (χ3n) is 2.52. The molecule has 0 spiro atoms. The second-order valence-electron chi connectivity index (χ2n) is 3.85. The molecule has 7 heteroatoms. The monoisotopic (exact) mass is 291 g/mol. The van der Waals surface area contributed by atoms with Gasteiger partial charge in [0.05, 0.1) is 10.6 Å². The van der Waals surface area contributed by atoms with Crippen LogP contribution in [0.15, 0.2) is 36.4 Å². The number of nitrogens with one attached hydrogen (secondary N) is 1. The van der Waals surface area contributed by atoms with E-state index in [0.717, 1.165) is 0 Å². The molecule has 0 unspecified atom stereocenters. The van der Waals surface area contributed by atoms with Crippen molar-refractivity contribution in [1.82, 2.24) is 0 Å². The summed E-state index contributed by atoms with van der Waals surface area (Å²) in [5.74, 6) is -0.522. The van der Waals surface area contributed by atoms with Gasteiger partial charge in [-0.3, -0.25) is 10.1 Å². The van der Waals surface area contributed by atoms with Crippen LogP contribution in [0.1, 0.15) is 5.56 Å². The van der Waals surface area contributed by atoms with Crippen molar-refractivity contribution in [2.75, 3.05) is 5.32 Å². The molecule has 2 rings (SSSR count). The van der Waals surface area contributed by atoms with Crippen molar-refractivity contribution < 1.29 is 9.31 Å². The van der Waals surface area contributed by atoms with Crippen LogP contribution >= 0.6 is 11.6 Å². The highest BCUT2D eigenvalue weighted by atomic mass is 35.5. The van der Waals surface area contributed by atoms with Gasteiger partial charge < -0.3 is 5.32 Å². The van der Waals surface area contributed by atoms with E-state index in [2.05, 4.69) is 5.32 Å². The minimum Gasteiger partial charge on any atom is -0.353 e. The van der Waals surface area contributed by atoms with Gasteiger partial charge in [0.1, 0.15) is 17.4 Å². The zero-order valence-corrected chi connectivity index (χ0v) is 10.7. The molecule has 0 aromatic heterocycles. The fraction of sp³-hybridized carbons (Fsp3) is 0. The Hall–Kier alpha value is -2.65. The van der Waals surface area contributed by atoms with E-state index in [9.17, 15) is 14.5 Å². The molecule has 5 nitrogen and oxygen atoms in total. The summed E-state index contributed by atoms with van der Waals surface area (Å²) < 4.78 is 13.6. The molecule has 0 aliphatic carbocycles. The molecule has 0 radical (unpaired) electrons. The number of nitro benzene ring substituents is 1. The number of benzene rings is 2. The third kappa shape index (κ3) is 2.84. The highest BCUT2D eigenvalue weighted by Gasteiger charge is 2.14. The van der Waals surface area contributed by atoms with Gasteiger partial charge in [-0.05, 0) is 30.3 Å². The molecule has 0 bridgehead atoms. The van der Waals surface area contributed by atoms with Crippen LogP contribution in [0.25, 0.3) is 0 Å². The van der Waals surface area contributed by atoms with Gasteiger partial charge in [-0.1, -0.05) is 11.6 Å². The van der Waals surface area contributed by atoms with E-state index in [-0.39, 0.29) is 16.9 Å². The van der Waals surface area contributed by atoms with Gasteiger partial charge in [0.15, 0.2) is 0 Å². The van der Waals surface area contributed by atoms with Crippen LogP contribution in [0.4, 0.5) is 21.5 Å². The Morgan fingerprint density at radius 1 is 1.30 bits per heavy atom. The molecule has 1 N–H and O–H groups in total. The van der Waals surface area contributed by atoms with E-state index in [1.54, 1.807) is 6.07 Å². The molecule has 0 aliphatic rings. The van der Waals surface area contributed by atoms with Crippen LogP contribution in [0, 0.1) is 27.3 Å². The van der Waals surface area contributed by atoms with Gasteiger partial charge in [0, 0.05) is 16.8 Å². The maximum Gasteiger partial charge on any atom is 0.287 e. The Kier molecular flexibility index (Phi) is 3.82. The van der Waals surface area contributed by atoms with Crippen LogP contribution in [0.3, 0.4) is 0 Å². The summed E-state index contributed by atoms with van der Waals surface area (Å²) in [7, 11) is 0. The zero-order valence-electron chi connectivity index (χ0n) is 9.93. The summed E-state index contributed by atoms with van der Waals surface area (Å²) >= 11 is 5.76. The molecule has 2 aromatic carbocycles. The molecule has 0 amide bonds. The molecule has 0 atom stereocenters. The first-order valence-corrected chi connectivity index (χ1v) is 5.79. The number of hydrogen-bond acceptors (Lipinski definition) is 4. The standard InChI is InChI=1S/C13H7ClFN3O2/c14-9-1-3-11(15)12(6-9)17-10-2-4-13(18(19)20)8(5-10)7-16/h1-6,17H. The predicted octanol–water partition coefficient (Wildman–Crippen LogP) is 4.00. The Bertz CT molecular complexity index is 728. The number of nitrogens with zero attached hydrogens (tertiary/aromatic N) is 2. The van der Waals surface area contributed by atoms with Gasteiger partial charge >= 0.3 is 0 Å². The zero-order chi connectivity index (χ0) is 14.7. The SMILES string of the molecule is N#Cc1cc(Nc2cc(Cl)ccc2F)ccc1[N+](=O)[O-]. The van der Waals surface area contributed by atoms with E-state index in [1.807, 2.05) is 0 Å². The van der Waals surface area contributed by atoms with Crippen LogP contribution in [-0.4, -0.2) is 4.92 Å². The smallest absolute Gasteiger partial charge is 0.287 e. The maximum atomic E-state index is 13.6. The molecule has 0 fully saturated rings. The molecular weight excluding hydrogens is 285 g/mol. The number of halogens is 2. The van der Waals surface area contributed by atoms with Crippen molar-refractivity contribution in [3.8, 4) is 6.07 Å². The van der Waals surface area contributed by atoms with Gasteiger partial charge in [-0.2, -0.15) is 5.26 Å². The lowest BCUT2D eigenvalue weighted by atomic mass is 10.1. The van der Waals surface area contributed by atoms with Crippen molar-refractivity contribution >= 4 is 28.7 Å². The van der Waals surface area contributed by atoms with Crippen molar-refractivity contribution in [2.45, 2.75) is 0 Å². The van der Waals surface area contributed by atoms with Gasteiger partial charge in [0.25, 0.3) is 5.69 Å². The van der Waals surface area contributed by atoms with E-state index in [1.165, 1.54) is 36.4 Å². The van der Waals surface area contributed by atoms with Crippen molar-refractivity contribution in [3.63, 3.8) is 0 Å². The van der Waals surface area contributed by atoms with E-state index < -0.39 is 10.7 Å². The second-order valence-corrected chi connectivity index (χ2v) is 4.29. The number of rotatable bonds is 3. The fourth-order valence-corrected chi connectivity index (χ4v) is 1.78. The Labute approximate surface area is 118 Å². The third-order valence-corrected chi connectivity index (χ3v) is 2.76. The van der Waals surface area contributed by atoms with Crippen molar-refractivity contribution in [3.05, 3.63) is 62.9 Å². The van der Waals surface area contributed by atoms with Crippen LogP contribution < -0.4 is 5.32 Å². The minimum atomic E-state index is -0.650. The van der Waals surface area contributed by atoms with Gasteiger partial charge in [0.2, 0.25) is 0 Å². The average Bonchev–Trinajstić information content (AvgIpc) is 2.42. The summed E-state index contributed by atoms with van der Waals surface area (Å²) in [5, 5.41) is 22.6. The lowest BCUT2D eigenvalue weighted by molar-refractivity contribution is -0.385. The summed E-state index contributed by atoms with van der Waals surface area (Å²) in [6.45, 7) is 0. The highest BCUT2D eigenvalue weighted by Crippen LogP contribution is 2.27. The lowest BCUT2D eigenvalue weighted by Gasteiger charge is -2.08. The molecule has 20 heavy (non-hydrogen) atoms. The van der Waals surface area contributed by atoms with Gasteiger partial charge in [-0.15, -0.1) is 0 Å². The maximum absolute atomic E-state index is 13.6. The highest BCUT2D eigenvalue weighted by molar-refractivity contribution is 6.30. The quantitative estimate of drug-likeness (QED) is 0.684. The van der Waals surface area contributed by atoms with Crippen LogP contribution in [0.5, 0.6) is 0 Å². The summed E-state index contributed by atoms with van der Waals surface area (Å²) in [4.78, 5) is 10.1. The van der Waals surface area contributed by atoms with Crippen LogP contribution in [0.2, 0.25) is 5.02 Å². The van der Waals surface area contributed by atoms with E-state index in [4.69, 9.17) is 16.9 Å². The molecule has 0 heterocycles. The molecule has 100 valence electrons. The molecular formula is C13H7ClFN3O2. The van der Waals surface area contributed by atoms with Crippen LogP contribution in [-0.2, 0) is 0 Å². The first kappa shape index (κ1) is 13.8. The average molecular weight is 292 g/mol. The van der Waals surface area contributed by atoms with Crippen molar-refractivity contribution in [2.24, 2.45) is 0 Å². The van der Waals surface area contributed by atoms with E-state index >= 15 is 0 Å². The number of hydrogen-bond donors (Lipinski definition) is 1. The largest absolute Gasteiger partial charge is 0.353 e. The predicted molar refractivity (Wildman–Crippen MR) is 72.5 cm³/mol. The topological polar surface area (TPSA) is 79.0 Å². The molecule has 0 saturated heterocycles. The Morgan fingerprint density at radius 3 is 2.70 bits per heavy atom.